The third-order valence-electron chi connectivity index (χ3n) is 5.32. The van der Waals surface area contributed by atoms with Crippen molar-refractivity contribution in [3.63, 3.8) is 0 Å². The van der Waals surface area contributed by atoms with E-state index in [0.29, 0.717) is 3.67 Å². The molecule has 3 heterocycles. The van der Waals surface area contributed by atoms with Gasteiger partial charge in [0.25, 0.3) is 0 Å². The van der Waals surface area contributed by atoms with Crippen LogP contribution in [0.4, 0.5) is 4.79 Å². The summed E-state index contributed by atoms with van der Waals surface area (Å²) in [7, 11) is 0. The number of carbonyl (C=O) groups excluding carboxylic acids is 2. The van der Waals surface area contributed by atoms with Crippen molar-refractivity contribution in [2.45, 2.75) is 48.0 Å². The summed E-state index contributed by atoms with van der Waals surface area (Å²) in [5.41, 5.74) is 2.76. The van der Waals surface area contributed by atoms with Crippen LogP contribution in [0.2, 0.25) is 0 Å². The zero-order chi connectivity index (χ0) is 16.0. The van der Waals surface area contributed by atoms with E-state index >= 15 is 0 Å². The van der Waals surface area contributed by atoms with Crippen LogP contribution in [-0.4, -0.2) is 37.8 Å². The number of amides is 2. The molecule has 0 aromatic heterocycles. The number of unbranched alkanes of at least 4 members (excludes halogenated alkanes) is 3. The molecule has 3 aliphatic heterocycles. The van der Waals surface area contributed by atoms with Crippen LogP contribution in [0.1, 0.15) is 53.8 Å². The van der Waals surface area contributed by atoms with Gasteiger partial charge in [0.1, 0.15) is 0 Å². The number of hydrogen-bond donors (Lipinski definition) is 1. The van der Waals surface area contributed by atoms with Crippen molar-refractivity contribution < 1.29 is 9.59 Å². The number of thioether (sulfide) groups is 1. The summed E-state index contributed by atoms with van der Waals surface area (Å²) in [4.78, 5) is 23.9. The Balaban J connectivity index is 1.59. The average molecular weight is 429 g/mol. The van der Waals surface area contributed by atoms with Crippen molar-refractivity contribution in [2.24, 2.45) is 0 Å². The first-order valence-electron chi connectivity index (χ1n) is 8.55. The molecular formula is C18H20InNO2S. The van der Waals surface area contributed by atoms with Crippen LogP contribution in [0.3, 0.4) is 0 Å². The number of allylic oxidation sites excluding steroid dienone is 1. The van der Waals surface area contributed by atoms with Gasteiger partial charge in [-0.05, 0) is 0 Å². The van der Waals surface area contributed by atoms with Gasteiger partial charge >= 0.3 is 149 Å². The molecule has 1 saturated heterocycles. The van der Waals surface area contributed by atoms with Gasteiger partial charge in [-0.2, -0.15) is 0 Å². The number of nitrogens with one attached hydrogen (secondary N) is 1. The van der Waals surface area contributed by atoms with Gasteiger partial charge in [0, 0.05) is 0 Å². The molecule has 2 unspecified atom stereocenters. The minimum atomic E-state index is -2.19. The van der Waals surface area contributed by atoms with E-state index in [1.807, 2.05) is 0 Å². The van der Waals surface area contributed by atoms with Gasteiger partial charge < -0.3 is 0 Å². The number of rotatable bonds is 6. The Hall–Kier alpha value is -0.680. The van der Waals surface area contributed by atoms with Crippen LogP contribution in [0, 0.1) is 0 Å². The van der Waals surface area contributed by atoms with E-state index in [9.17, 15) is 9.59 Å². The number of benzene rings is 1. The quantitative estimate of drug-likeness (QED) is 0.707. The number of imide groups is 1. The Labute approximate surface area is 148 Å². The van der Waals surface area contributed by atoms with Gasteiger partial charge in [0.05, 0.1) is 0 Å². The van der Waals surface area contributed by atoms with Gasteiger partial charge in [0.2, 0.25) is 0 Å². The summed E-state index contributed by atoms with van der Waals surface area (Å²) >= 11 is -0.969. The first-order valence-corrected chi connectivity index (χ1v) is 14.6. The van der Waals surface area contributed by atoms with E-state index in [1.54, 1.807) is 6.65 Å². The van der Waals surface area contributed by atoms with Gasteiger partial charge in [-0.1, -0.05) is 0 Å². The molecule has 1 fully saturated rings. The summed E-state index contributed by atoms with van der Waals surface area (Å²) in [5.74, 6) is -0.0627. The summed E-state index contributed by atoms with van der Waals surface area (Å²) in [6.07, 6.45) is 8.79. The maximum absolute atomic E-state index is 12.2. The molecule has 2 atom stereocenters. The van der Waals surface area contributed by atoms with Crippen molar-refractivity contribution >= 4 is 53.7 Å². The average Bonchev–Trinajstić information content (AvgIpc) is 3.10. The second-order valence-electron chi connectivity index (χ2n) is 6.70. The van der Waals surface area contributed by atoms with Crippen LogP contribution < -0.4 is 8.64 Å². The zero-order valence-electron chi connectivity index (χ0n) is 13.3. The summed E-state index contributed by atoms with van der Waals surface area (Å²) in [5, 5.41) is 2.15. The zero-order valence-corrected chi connectivity index (χ0v) is 17.4. The molecule has 4 bridgehead atoms. The fraction of sp³-hybridized carbons (Fsp3) is 0.444. The normalized spacial score (nSPS) is 24.4. The van der Waals surface area contributed by atoms with Crippen LogP contribution in [0.15, 0.2) is 21.5 Å². The predicted octanol–water partition coefficient (Wildman–Crippen LogP) is 3.28. The second kappa shape index (κ2) is 6.32. The maximum atomic E-state index is 12.2. The van der Waals surface area contributed by atoms with E-state index in [1.165, 1.54) is 55.0 Å². The molecule has 23 heavy (non-hydrogen) atoms. The third-order valence-corrected chi connectivity index (χ3v) is 18.3. The second-order valence-corrected chi connectivity index (χ2v) is 16.5. The molecule has 4 rings (SSSR count). The molecule has 1 N–H and O–H groups in total. The van der Waals surface area contributed by atoms with Gasteiger partial charge in [-0.25, -0.2) is 0 Å². The fourth-order valence-corrected chi connectivity index (χ4v) is 18.9. The summed E-state index contributed by atoms with van der Waals surface area (Å²) in [6.45, 7) is 2.24. The first kappa shape index (κ1) is 15.8. The molecule has 1 aromatic rings. The Morgan fingerprint density at radius 2 is 2.09 bits per heavy atom. The van der Waals surface area contributed by atoms with Crippen LogP contribution >= 0.6 is 11.8 Å². The molecule has 0 saturated carbocycles. The van der Waals surface area contributed by atoms with Gasteiger partial charge in [-0.3, -0.25) is 0 Å². The molecule has 0 spiro atoms. The topological polar surface area (TPSA) is 46.2 Å². The molecule has 2 amide bonds. The first-order chi connectivity index (χ1) is 11.2. The van der Waals surface area contributed by atoms with Crippen molar-refractivity contribution in [3.05, 3.63) is 32.7 Å². The van der Waals surface area contributed by atoms with Crippen molar-refractivity contribution in [2.75, 3.05) is 0 Å². The standard InChI is InChI=1S/C18H20NO2S.In/c1-2-3-4-5-6-7-10-14-11-8-9-12-15(14)13-16-17(20)19-18(21)22-16;/h8-10,12-13,16H,2-6H2,1H3,(H,19,20,21);. The van der Waals surface area contributed by atoms with Gasteiger partial charge in [-0.15, -0.1) is 0 Å². The Morgan fingerprint density at radius 3 is 2.78 bits per heavy atom. The molecule has 5 heteroatoms. The van der Waals surface area contributed by atoms with Crippen LogP contribution in [-0.2, 0) is 4.79 Å². The molecule has 3 nitrogen and oxygen atoms in total. The SMILES string of the molecule is CCCCCC[C]1=Cc2c3ccc[c]2[In]1[CH]3C1SC(=O)NC1=O. The summed E-state index contributed by atoms with van der Waals surface area (Å²) in [6, 6.07) is 6.61. The van der Waals surface area contributed by atoms with Crippen LogP contribution in [0.25, 0.3) is 6.08 Å². The molecular weight excluding hydrogens is 409 g/mol. The van der Waals surface area contributed by atoms with Crippen molar-refractivity contribution in [3.8, 4) is 0 Å². The predicted molar refractivity (Wildman–Crippen MR) is 96.2 cm³/mol. The van der Waals surface area contributed by atoms with E-state index in [2.05, 4.69) is 36.5 Å². The molecule has 0 aliphatic carbocycles. The van der Waals surface area contributed by atoms with Crippen LogP contribution in [0.5, 0.6) is 0 Å². The van der Waals surface area contributed by atoms with Crippen molar-refractivity contribution in [1.82, 2.24) is 5.32 Å². The van der Waals surface area contributed by atoms with E-state index in [-0.39, 0.29) is 16.4 Å². The Morgan fingerprint density at radius 1 is 1.22 bits per heavy atom. The minimum absolute atomic E-state index is 0.0627. The Kier molecular flexibility index (Phi) is 4.35. The Bertz CT molecular complexity index is 715. The van der Waals surface area contributed by atoms with E-state index < -0.39 is 21.4 Å². The monoisotopic (exact) mass is 429 g/mol. The third kappa shape index (κ3) is 2.60. The number of carbonyl (C=O) groups is 2. The summed E-state index contributed by atoms with van der Waals surface area (Å²) < 4.78 is 3.60. The van der Waals surface area contributed by atoms with Crippen molar-refractivity contribution in [1.29, 1.82) is 0 Å². The molecule has 118 valence electrons. The molecule has 3 aliphatic rings. The number of hydrogen-bond acceptors (Lipinski definition) is 3. The van der Waals surface area contributed by atoms with Gasteiger partial charge in [0.15, 0.2) is 0 Å². The molecule has 0 radical (unpaired) electrons. The van der Waals surface area contributed by atoms with E-state index in [0.717, 1.165) is 0 Å². The fourth-order valence-electron chi connectivity index (χ4n) is 4.34. The van der Waals surface area contributed by atoms with E-state index in [4.69, 9.17) is 0 Å². The molecule has 1 aromatic carbocycles.